The number of piperazine rings is 1. The standard InChI is InChI=1S/C21H30N4O6S/c1-31-20(27)24-13-16-11-21(19(26)22-28,12-17(16)14-24)15-32(29,30)25-9-7-23(8-10-25)18-5-3-2-4-6-18/h2-6,16-17,28H,7-15H2,1H3,(H,22,26)/t16-,17+,21?. The summed E-state index contributed by atoms with van der Waals surface area (Å²) >= 11 is 0. The minimum atomic E-state index is -3.72. The van der Waals surface area contributed by atoms with Crippen LogP contribution >= 0.6 is 0 Å². The molecule has 2 saturated heterocycles. The molecule has 0 spiro atoms. The van der Waals surface area contributed by atoms with Crippen molar-refractivity contribution in [1.82, 2.24) is 14.7 Å². The molecule has 32 heavy (non-hydrogen) atoms. The van der Waals surface area contributed by atoms with Crippen molar-refractivity contribution in [2.45, 2.75) is 12.8 Å². The maximum atomic E-state index is 13.3. The maximum absolute atomic E-state index is 13.3. The summed E-state index contributed by atoms with van der Waals surface area (Å²) in [6.07, 6.45) is 0.196. The number of likely N-dealkylation sites (tertiary alicyclic amines) is 1. The van der Waals surface area contributed by atoms with Crippen molar-refractivity contribution < 1.29 is 28.0 Å². The molecule has 4 rings (SSSR count). The van der Waals surface area contributed by atoms with E-state index in [2.05, 4.69) is 4.90 Å². The van der Waals surface area contributed by atoms with Crippen molar-refractivity contribution in [3.05, 3.63) is 30.3 Å². The van der Waals surface area contributed by atoms with Gasteiger partial charge in [-0.3, -0.25) is 10.0 Å². The molecule has 11 heteroatoms. The molecule has 2 amide bonds. The first-order valence-electron chi connectivity index (χ1n) is 10.8. The third kappa shape index (κ3) is 4.28. The molecule has 1 saturated carbocycles. The summed E-state index contributed by atoms with van der Waals surface area (Å²) in [4.78, 5) is 28.3. The van der Waals surface area contributed by atoms with E-state index in [0.29, 0.717) is 52.1 Å². The zero-order chi connectivity index (χ0) is 22.9. The van der Waals surface area contributed by atoms with Crippen LogP contribution in [0.2, 0.25) is 0 Å². The first-order valence-corrected chi connectivity index (χ1v) is 12.4. The molecule has 176 valence electrons. The Kier molecular flexibility index (Phi) is 6.33. The highest BCUT2D eigenvalue weighted by Crippen LogP contribution is 2.50. The van der Waals surface area contributed by atoms with E-state index in [0.717, 1.165) is 5.69 Å². The van der Waals surface area contributed by atoms with Crippen LogP contribution < -0.4 is 10.4 Å². The highest BCUT2D eigenvalue weighted by Gasteiger charge is 2.56. The summed E-state index contributed by atoms with van der Waals surface area (Å²) in [7, 11) is -2.40. The lowest BCUT2D eigenvalue weighted by molar-refractivity contribution is -0.138. The number of anilines is 1. The minimum Gasteiger partial charge on any atom is -0.453 e. The molecule has 1 aromatic rings. The summed E-state index contributed by atoms with van der Waals surface area (Å²) in [5, 5.41) is 9.37. The van der Waals surface area contributed by atoms with Crippen molar-refractivity contribution in [2.24, 2.45) is 17.3 Å². The second-order valence-corrected chi connectivity index (χ2v) is 11.0. The lowest BCUT2D eigenvalue weighted by Crippen LogP contribution is -2.53. The molecule has 2 heterocycles. The predicted molar refractivity (Wildman–Crippen MR) is 117 cm³/mol. The molecule has 10 nitrogen and oxygen atoms in total. The summed E-state index contributed by atoms with van der Waals surface area (Å²) in [5.74, 6) is -1.01. The highest BCUT2D eigenvalue weighted by atomic mass is 32.2. The minimum absolute atomic E-state index is 0.00321. The topological polar surface area (TPSA) is 119 Å². The molecular weight excluding hydrogens is 436 g/mol. The molecule has 2 aliphatic heterocycles. The molecule has 1 unspecified atom stereocenters. The number of hydrogen-bond donors (Lipinski definition) is 2. The van der Waals surface area contributed by atoms with E-state index >= 15 is 0 Å². The van der Waals surface area contributed by atoms with Gasteiger partial charge in [-0.05, 0) is 36.8 Å². The number of fused-ring (bicyclic) bond motifs is 1. The number of rotatable bonds is 5. The zero-order valence-corrected chi connectivity index (χ0v) is 19.0. The Balaban J connectivity index is 1.44. The number of para-hydroxylation sites is 1. The predicted octanol–water partition coefficient (Wildman–Crippen LogP) is 0.738. The van der Waals surface area contributed by atoms with Crippen LogP contribution in [0.25, 0.3) is 0 Å². The number of nitrogens with zero attached hydrogens (tertiary/aromatic N) is 3. The molecule has 3 aliphatic rings. The largest absolute Gasteiger partial charge is 0.453 e. The molecule has 1 aromatic carbocycles. The van der Waals surface area contributed by atoms with Gasteiger partial charge in [-0.2, -0.15) is 4.31 Å². The highest BCUT2D eigenvalue weighted by molar-refractivity contribution is 7.89. The van der Waals surface area contributed by atoms with Gasteiger partial charge >= 0.3 is 6.09 Å². The van der Waals surface area contributed by atoms with Gasteiger partial charge in [0, 0.05) is 45.0 Å². The van der Waals surface area contributed by atoms with E-state index in [1.54, 1.807) is 10.4 Å². The van der Waals surface area contributed by atoms with E-state index in [1.807, 2.05) is 30.3 Å². The number of amides is 2. The number of carbonyl (C=O) groups is 2. The lowest BCUT2D eigenvalue weighted by atomic mass is 9.86. The summed E-state index contributed by atoms with van der Waals surface area (Å²) in [6.45, 7) is 2.68. The molecule has 2 N–H and O–H groups in total. The first-order chi connectivity index (χ1) is 15.3. The molecule has 0 bridgehead atoms. The summed E-state index contributed by atoms with van der Waals surface area (Å²) < 4.78 is 32.9. The van der Waals surface area contributed by atoms with Crippen LogP contribution in [0.5, 0.6) is 0 Å². The Morgan fingerprint density at radius 3 is 2.22 bits per heavy atom. The van der Waals surface area contributed by atoms with Crippen molar-refractivity contribution in [3.8, 4) is 0 Å². The number of hydrogen-bond acceptors (Lipinski definition) is 7. The summed E-state index contributed by atoms with van der Waals surface area (Å²) in [6, 6.07) is 9.85. The SMILES string of the molecule is COC(=O)N1C[C@@H]2CC(CS(=O)(=O)N3CCN(c4ccccc4)CC3)(C(=O)NO)C[C@@H]2C1. The van der Waals surface area contributed by atoms with Gasteiger partial charge in [-0.1, -0.05) is 18.2 Å². The van der Waals surface area contributed by atoms with Gasteiger partial charge in [-0.25, -0.2) is 18.7 Å². The number of hydroxylamine groups is 1. The number of nitrogens with one attached hydrogen (secondary N) is 1. The Labute approximate surface area is 188 Å². The Morgan fingerprint density at radius 1 is 1.09 bits per heavy atom. The summed E-state index contributed by atoms with van der Waals surface area (Å²) in [5.41, 5.74) is 1.55. The van der Waals surface area contributed by atoms with Gasteiger partial charge in [0.15, 0.2) is 0 Å². The quantitative estimate of drug-likeness (QED) is 0.485. The van der Waals surface area contributed by atoms with Gasteiger partial charge in [-0.15, -0.1) is 0 Å². The van der Waals surface area contributed by atoms with Crippen molar-refractivity contribution >= 4 is 27.7 Å². The average Bonchev–Trinajstić information content (AvgIpc) is 3.35. The Morgan fingerprint density at radius 2 is 1.69 bits per heavy atom. The third-order valence-corrected chi connectivity index (χ3v) is 9.18. The maximum Gasteiger partial charge on any atom is 0.409 e. The fourth-order valence-corrected chi connectivity index (χ4v) is 7.52. The number of ether oxygens (including phenoxy) is 1. The number of methoxy groups -OCH3 is 1. The molecule has 0 radical (unpaired) electrons. The third-order valence-electron chi connectivity index (χ3n) is 7.11. The smallest absolute Gasteiger partial charge is 0.409 e. The number of benzene rings is 1. The molecule has 3 fully saturated rings. The van der Waals surface area contributed by atoms with Crippen LogP contribution in [0, 0.1) is 17.3 Å². The van der Waals surface area contributed by atoms with Gasteiger partial charge in [0.05, 0.1) is 18.3 Å². The average molecular weight is 467 g/mol. The van der Waals surface area contributed by atoms with Crippen LogP contribution in [0.4, 0.5) is 10.5 Å². The molecular formula is C21H30N4O6S. The van der Waals surface area contributed by atoms with Crippen LogP contribution in [-0.2, 0) is 19.6 Å². The van der Waals surface area contributed by atoms with Crippen LogP contribution in [0.1, 0.15) is 12.8 Å². The van der Waals surface area contributed by atoms with E-state index in [-0.39, 0.29) is 17.6 Å². The zero-order valence-electron chi connectivity index (χ0n) is 18.1. The number of sulfonamides is 1. The van der Waals surface area contributed by atoms with E-state index in [4.69, 9.17) is 4.74 Å². The van der Waals surface area contributed by atoms with E-state index in [1.165, 1.54) is 11.4 Å². The van der Waals surface area contributed by atoms with Crippen molar-refractivity contribution in [2.75, 3.05) is 57.0 Å². The van der Waals surface area contributed by atoms with Crippen LogP contribution in [-0.4, -0.2) is 87.0 Å². The van der Waals surface area contributed by atoms with Gasteiger partial charge in [0.25, 0.3) is 5.91 Å². The Hall–Kier alpha value is -2.37. The lowest BCUT2D eigenvalue weighted by Gasteiger charge is -2.37. The van der Waals surface area contributed by atoms with Crippen LogP contribution in [0.3, 0.4) is 0 Å². The van der Waals surface area contributed by atoms with Gasteiger partial charge in [0.1, 0.15) is 0 Å². The monoisotopic (exact) mass is 466 g/mol. The fraction of sp³-hybridized carbons (Fsp3) is 0.619. The molecule has 1 aliphatic carbocycles. The second-order valence-electron chi connectivity index (χ2n) is 9.00. The van der Waals surface area contributed by atoms with Crippen molar-refractivity contribution in [3.63, 3.8) is 0 Å². The molecule has 3 atom stereocenters. The fourth-order valence-electron chi connectivity index (χ4n) is 5.56. The van der Waals surface area contributed by atoms with Crippen molar-refractivity contribution in [1.29, 1.82) is 0 Å². The number of carbonyl (C=O) groups excluding carboxylic acids is 2. The van der Waals surface area contributed by atoms with Crippen LogP contribution in [0.15, 0.2) is 30.3 Å². The van der Waals surface area contributed by atoms with E-state index < -0.39 is 27.4 Å². The Bertz CT molecular complexity index is 934. The van der Waals surface area contributed by atoms with Gasteiger partial charge < -0.3 is 14.5 Å². The second kappa shape index (κ2) is 8.87. The molecule has 0 aromatic heterocycles. The van der Waals surface area contributed by atoms with Gasteiger partial charge in [0.2, 0.25) is 10.0 Å². The normalized spacial score (nSPS) is 28.4. The van der Waals surface area contributed by atoms with E-state index in [9.17, 15) is 23.2 Å². The first kappa shape index (κ1) is 22.8.